The minimum absolute atomic E-state index is 0.276. The normalized spacial score (nSPS) is 13.8. The Kier molecular flexibility index (Phi) is 2.50. The molecule has 2 aromatic heterocycles. The first-order valence-electron chi connectivity index (χ1n) is 6.55. The second kappa shape index (κ2) is 4.24. The van der Waals surface area contributed by atoms with Gasteiger partial charge in [-0.3, -0.25) is 0 Å². The van der Waals surface area contributed by atoms with Crippen molar-refractivity contribution < 1.29 is 4.39 Å². The van der Waals surface area contributed by atoms with Crippen LogP contribution in [0.2, 0.25) is 0 Å². The van der Waals surface area contributed by atoms with Crippen LogP contribution < -0.4 is 5.73 Å². The van der Waals surface area contributed by atoms with E-state index in [2.05, 4.69) is 9.97 Å². The van der Waals surface area contributed by atoms with Crippen LogP contribution in [0.1, 0.15) is 17.7 Å². The summed E-state index contributed by atoms with van der Waals surface area (Å²) >= 11 is 1.41. The maximum Gasteiger partial charge on any atom is 0.180 e. The fourth-order valence-corrected chi connectivity index (χ4v) is 3.50. The molecular formula is C15H12FN3S. The lowest BCUT2D eigenvalue weighted by Crippen LogP contribution is -1.97. The number of aryl methyl sites for hydroxylation is 1. The van der Waals surface area contributed by atoms with Gasteiger partial charge in [0.05, 0.1) is 5.69 Å². The van der Waals surface area contributed by atoms with Crippen LogP contribution >= 0.6 is 11.3 Å². The number of aromatic nitrogens is 2. The van der Waals surface area contributed by atoms with Crippen molar-refractivity contribution in [2.45, 2.75) is 19.3 Å². The number of anilines is 1. The van der Waals surface area contributed by atoms with Crippen LogP contribution in [-0.4, -0.2) is 9.97 Å². The van der Waals surface area contributed by atoms with Crippen LogP contribution in [0.5, 0.6) is 0 Å². The van der Waals surface area contributed by atoms with Crippen molar-refractivity contribution in [3.05, 3.63) is 40.7 Å². The number of para-hydroxylation sites is 1. The molecule has 5 heteroatoms. The lowest BCUT2D eigenvalue weighted by molar-refractivity contribution is 0.636. The summed E-state index contributed by atoms with van der Waals surface area (Å²) in [6, 6.07) is 5.09. The first kappa shape index (κ1) is 11.8. The van der Waals surface area contributed by atoms with Gasteiger partial charge in [0.15, 0.2) is 5.13 Å². The van der Waals surface area contributed by atoms with E-state index in [9.17, 15) is 4.39 Å². The summed E-state index contributed by atoms with van der Waals surface area (Å²) in [6.45, 7) is 0. The number of benzene rings is 1. The van der Waals surface area contributed by atoms with E-state index < -0.39 is 0 Å². The predicted molar refractivity (Wildman–Crippen MR) is 79.2 cm³/mol. The lowest BCUT2D eigenvalue weighted by atomic mass is 9.99. The molecule has 0 bridgehead atoms. The molecule has 0 radical (unpaired) electrons. The summed E-state index contributed by atoms with van der Waals surface area (Å²) in [5.41, 5.74) is 10.2. The van der Waals surface area contributed by atoms with Gasteiger partial charge in [-0.25, -0.2) is 14.4 Å². The zero-order chi connectivity index (χ0) is 13.7. The van der Waals surface area contributed by atoms with Gasteiger partial charge in [0.1, 0.15) is 11.3 Å². The Hall–Kier alpha value is -2.01. The van der Waals surface area contributed by atoms with E-state index in [-0.39, 0.29) is 5.82 Å². The van der Waals surface area contributed by atoms with Gasteiger partial charge in [0.25, 0.3) is 0 Å². The van der Waals surface area contributed by atoms with E-state index in [1.165, 1.54) is 23.0 Å². The molecule has 1 aliphatic rings. The minimum atomic E-state index is -0.276. The van der Waals surface area contributed by atoms with Crippen molar-refractivity contribution in [1.29, 1.82) is 0 Å². The first-order chi connectivity index (χ1) is 9.74. The highest BCUT2D eigenvalue weighted by Gasteiger charge is 2.22. The number of nitrogens with zero attached hydrogens (tertiary/aromatic N) is 2. The van der Waals surface area contributed by atoms with Crippen molar-refractivity contribution in [2.75, 3.05) is 5.73 Å². The first-order valence-corrected chi connectivity index (χ1v) is 7.43. The molecule has 0 saturated heterocycles. The van der Waals surface area contributed by atoms with Crippen LogP contribution in [0.15, 0.2) is 23.6 Å². The molecule has 3 aromatic rings. The average molecular weight is 285 g/mol. The standard InChI is InChI=1S/C15H12FN3S/c16-10-5-1-4-9-13(12-7-20-15(17)19-12)8-3-2-6-11(8)18-14(9)10/h1,4-5,7H,2-3,6H2,(H2,17,19). The molecular weight excluding hydrogens is 273 g/mol. The Labute approximate surface area is 119 Å². The van der Waals surface area contributed by atoms with Gasteiger partial charge in [-0.15, -0.1) is 11.3 Å². The van der Waals surface area contributed by atoms with Crippen LogP contribution in [0, 0.1) is 5.82 Å². The molecule has 0 unspecified atom stereocenters. The van der Waals surface area contributed by atoms with Crippen LogP contribution in [0.4, 0.5) is 9.52 Å². The molecule has 1 aliphatic carbocycles. The van der Waals surface area contributed by atoms with E-state index in [4.69, 9.17) is 5.73 Å². The Morgan fingerprint density at radius 3 is 2.90 bits per heavy atom. The second-order valence-electron chi connectivity index (χ2n) is 4.97. The number of hydrogen-bond acceptors (Lipinski definition) is 4. The van der Waals surface area contributed by atoms with Crippen molar-refractivity contribution >= 4 is 27.4 Å². The number of nitrogens with two attached hydrogens (primary N) is 1. The third-order valence-electron chi connectivity index (χ3n) is 3.77. The Balaban J connectivity index is 2.14. The summed E-state index contributed by atoms with van der Waals surface area (Å²) in [6.07, 6.45) is 2.95. The molecule has 2 N–H and O–H groups in total. The van der Waals surface area contributed by atoms with Crippen LogP contribution in [-0.2, 0) is 12.8 Å². The molecule has 0 saturated carbocycles. The monoisotopic (exact) mass is 285 g/mol. The van der Waals surface area contributed by atoms with Crippen molar-refractivity contribution in [1.82, 2.24) is 9.97 Å². The molecule has 20 heavy (non-hydrogen) atoms. The second-order valence-corrected chi connectivity index (χ2v) is 5.86. The van der Waals surface area contributed by atoms with Gasteiger partial charge in [0.2, 0.25) is 0 Å². The van der Waals surface area contributed by atoms with Crippen molar-refractivity contribution in [3.63, 3.8) is 0 Å². The number of halogens is 1. The fourth-order valence-electron chi connectivity index (χ4n) is 2.94. The lowest BCUT2D eigenvalue weighted by Gasteiger charge is -2.11. The number of fused-ring (bicyclic) bond motifs is 2. The maximum absolute atomic E-state index is 14.1. The minimum Gasteiger partial charge on any atom is -0.375 e. The largest absolute Gasteiger partial charge is 0.375 e. The van der Waals surface area contributed by atoms with E-state index in [0.29, 0.717) is 10.6 Å². The predicted octanol–water partition coefficient (Wildman–Crippen LogP) is 3.57. The summed E-state index contributed by atoms with van der Waals surface area (Å²) in [7, 11) is 0. The fraction of sp³-hybridized carbons (Fsp3) is 0.200. The van der Waals surface area contributed by atoms with E-state index in [1.54, 1.807) is 6.07 Å². The van der Waals surface area contributed by atoms with Crippen molar-refractivity contribution in [2.24, 2.45) is 0 Å². The van der Waals surface area contributed by atoms with Crippen LogP contribution in [0.3, 0.4) is 0 Å². The third kappa shape index (κ3) is 1.63. The van der Waals surface area contributed by atoms with E-state index >= 15 is 0 Å². The highest BCUT2D eigenvalue weighted by molar-refractivity contribution is 7.13. The Morgan fingerprint density at radius 1 is 1.20 bits per heavy atom. The molecule has 0 spiro atoms. The quantitative estimate of drug-likeness (QED) is 0.743. The van der Waals surface area contributed by atoms with E-state index in [1.807, 2.05) is 11.4 Å². The summed E-state index contributed by atoms with van der Waals surface area (Å²) in [5.74, 6) is -0.276. The number of rotatable bonds is 1. The maximum atomic E-state index is 14.1. The van der Waals surface area contributed by atoms with Gasteiger partial charge in [-0.05, 0) is 30.9 Å². The summed E-state index contributed by atoms with van der Waals surface area (Å²) in [4.78, 5) is 8.90. The number of thiazole rings is 1. The zero-order valence-corrected chi connectivity index (χ0v) is 11.5. The molecule has 1 aromatic carbocycles. The van der Waals surface area contributed by atoms with Gasteiger partial charge < -0.3 is 5.73 Å². The van der Waals surface area contributed by atoms with E-state index in [0.717, 1.165) is 41.6 Å². The third-order valence-corrected chi connectivity index (χ3v) is 4.45. The number of pyridine rings is 1. The molecule has 0 fully saturated rings. The molecule has 100 valence electrons. The van der Waals surface area contributed by atoms with Gasteiger partial charge in [-0.2, -0.15) is 0 Å². The summed E-state index contributed by atoms with van der Waals surface area (Å²) in [5, 5.41) is 3.30. The smallest absolute Gasteiger partial charge is 0.180 e. The Bertz CT molecular complexity index is 825. The molecule has 0 atom stereocenters. The molecule has 0 aliphatic heterocycles. The highest BCUT2D eigenvalue weighted by atomic mass is 32.1. The molecule has 2 heterocycles. The Morgan fingerprint density at radius 2 is 2.10 bits per heavy atom. The van der Waals surface area contributed by atoms with Crippen molar-refractivity contribution in [3.8, 4) is 11.3 Å². The van der Waals surface area contributed by atoms with Gasteiger partial charge in [-0.1, -0.05) is 12.1 Å². The SMILES string of the molecule is Nc1nc(-c2c3c(nc4c(F)cccc24)CCC3)cs1. The highest BCUT2D eigenvalue weighted by Crippen LogP contribution is 2.38. The number of nitrogen functional groups attached to an aromatic ring is 1. The topological polar surface area (TPSA) is 51.8 Å². The molecule has 4 rings (SSSR count). The van der Waals surface area contributed by atoms with Crippen LogP contribution in [0.25, 0.3) is 22.2 Å². The molecule has 3 nitrogen and oxygen atoms in total. The summed E-state index contributed by atoms with van der Waals surface area (Å²) < 4.78 is 14.1. The number of hydrogen-bond donors (Lipinski definition) is 1. The van der Waals surface area contributed by atoms with Gasteiger partial charge >= 0.3 is 0 Å². The average Bonchev–Trinajstić information content (AvgIpc) is 3.05. The zero-order valence-electron chi connectivity index (χ0n) is 10.7. The van der Waals surface area contributed by atoms with Gasteiger partial charge in [0, 0.05) is 22.0 Å². The molecule has 0 amide bonds.